The number of allylic oxidation sites excluding steroid dienone is 2. The summed E-state index contributed by atoms with van der Waals surface area (Å²) in [4.78, 5) is 12.4. The lowest BCUT2D eigenvalue weighted by Crippen LogP contribution is -2.35. The van der Waals surface area contributed by atoms with E-state index in [2.05, 4.69) is 27.4 Å². The summed E-state index contributed by atoms with van der Waals surface area (Å²) in [7, 11) is -2.43. The van der Waals surface area contributed by atoms with Crippen LogP contribution in [0.15, 0.2) is 70.7 Å². The van der Waals surface area contributed by atoms with Gasteiger partial charge in [-0.15, -0.1) is 0 Å². The van der Waals surface area contributed by atoms with Crippen LogP contribution < -0.4 is 14.9 Å². The fraction of sp³-hybridized carbons (Fsp3) is 0.238. The van der Waals surface area contributed by atoms with Gasteiger partial charge in [0.15, 0.2) is 0 Å². The molecule has 150 valence electrons. The van der Waals surface area contributed by atoms with Crippen molar-refractivity contribution < 1.29 is 17.9 Å². The molecule has 1 amide bonds. The standard InChI is InChI=1S/C21H21N3O4S/c1-28-20-11-3-2-10-18(20)24-29(26,27)16-8-4-7-15(12-16)21(25)23-22-19-13-14-6-5-9-17(14)19/h2-8,10-12,14,17,24H,9,13H2,1H3,(H,23,25)/b22-19-/t14-,17+/m1/s1. The first-order valence-electron chi connectivity index (χ1n) is 9.27. The number of amides is 1. The highest BCUT2D eigenvalue weighted by atomic mass is 32.2. The predicted octanol–water partition coefficient (Wildman–Crippen LogP) is 3.18. The van der Waals surface area contributed by atoms with Crippen molar-refractivity contribution in [3.05, 3.63) is 66.2 Å². The number of para-hydroxylation sites is 2. The molecule has 2 aromatic carbocycles. The first-order valence-corrected chi connectivity index (χ1v) is 10.8. The van der Waals surface area contributed by atoms with Gasteiger partial charge in [-0.05, 0) is 49.1 Å². The number of nitrogens with zero attached hydrogens (tertiary/aromatic N) is 1. The molecule has 2 aliphatic carbocycles. The molecule has 1 saturated carbocycles. The Morgan fingerprint density at radius 2 is 2.00 bits per heavy atom. The third-order valence-corrected chi connectivity index (χ3v) is 6.59. The SMILES string of the molecule is COc1ccccc1NS(=O)(=O)c1cccc(C(=O)N/N=C2/C[C@H]3C=CC[C@H]23)c1. The van der Waals surface area contributed by atoms with Crippen molar-refractivity contribution in [2.75, 3.05) is 11.8 Å². The van der Waals surface area contributed by atoms with Gasteiger partial charge in [-0.2, -0.15) is 5.10 Å². The Hall–Kier alpha value is -3.13. The summed E-state index contributed by atoms with van der Waals surface area (Å²) < 4.78 is 33.2. The zero-order chi connectivity index (χ0) is 20.4. The van der Waals surface area contributed by atoms with Crippen molar-refractivity contribution in [3.8, 4) is 5.75 Å². The van der Waals surface area contributed by atoms with Crippen molar-refractivity contribution >= 4 is 27.3 Å². The number of nitrogens with one attached hydrogen (secondary N) is 2. The lowest BCUT2D eigenvalue weighted by molar-refractivity contribution is 0.0953. The monoisotopic (exact) mass is 411 g/mol. The van der Waals surface area contributed by atoms with Crippen LogP contribution in [0.1, 0.15) is 23.2 Å². The zero-order valence-corrected chi connectivity index (χ0v) is 16.6. The van der Waals surface area contributed by atoms with E-state index in [4.69, 9.17) is 4.74 Å². The van der Waals surface area contributed by atoms with E-state index in [1.165, 1.54) is 25.3 Å². The second-order valence-corrected chi connectivity index (χ2v) is 8.70. The third kappa shape index (κ3) is 3.88. The number of benzene rings is 2. The predicted molar refractivity (Wildman–Crippen MR) is 110 cm³/mol. The molecule has 2 atom stereocenters. The number of sulfonamides is 1. The third-order valence-electron chi connectivity index (χ3n) is 5.22. The average Bonchev–Trinajstić information content (AvgIpc) is 3.09. The van der Waals surface area contributed by atoms with Crippen LogP contribution in [0, 0.1) is 11.8 Å². The molecule has 0 aliphatic heterocycles. The van der Waals surface area contributed by atoms with Crippen molar-refractivity contribution in [3.63, 3.8) is 0 Å². The molecule has 4 rings (SSSR count). The van der Waals surface area contributed by atoms with E-state index in [0.29, 0.717) is 23.3 Å². The quantitative estimate of drug-likeness (QED) is 0.564. The lowest BCUT2D eigenvalue weighted by Gasteiger charge is -2.31. The molecule has 2 N–H and O–H groups in total. The van der Waals surface area contributed by atoms with E-state index in [-0.39, 0.29) is 10.5 Å². The summed E-state index contributed by atoms with van der Waals surface area (Å²) in [6.45, 7) is 0. The Labute approximate surface area is 169 Å². The molecule has 8 heteroatoms. The topological polar surface area (TPSA) is 96.9 Å². The second kappa shape index (κ2) is 7.71. The van der Waals surface area contributed by atoms with Gasteiger partial charge in [-0.1, -0.05) is 30.4 Å². The number of ether oxygens (including phenoxy) is 1. The minimum absolute atomic E-state index is 0.0209. The van der Waals surface area contributed by atoms with Gasteiger partial charge in [-0.25, -0.2) is 13.8 Å². The van der Waals surface area contributed by atoms with Gasteiger partial charge in [0.25, 0.3) is 15.9 Å². The molecule has 0 bridgehead atoms. The molecule has 29 heavy (non-hydrogen) atoms. The van der Waals surface area contributed by atoms with E-state index in [9.17, 15) is 13.2 Å². The minimum atomic E-state index is -3.89. The molecular weight excluding hydrogens is 390 g/mol. The highest BCUT2D eigenvalue weighted by Gasteiger charge is 2.38. The summed E-state index contributed by atoms with van der Waals surface area (Å²) in [5.41, 5.74) is 4.07. The van der Waals surface area contributed by atoms with Gasteiger partial charge < -0.3 is 4.74 Å². The number of anilines is 1. The van der Waals surface area contributed by atoms with Crippen LogP contribution in [0.5, 0.6) is 5.75 Å². The van der Waals surface area contributed by atoms with E-state index in [1.807, 2.05) is 0 Å². The molecular formula is C21H21N3O4S. The number of rotatable bonds is 6. The van der Waals surface area contributed by atoms with E-state index in [1.54, 1.807) is 30.3 Å². The van der Waals surface area contributed by atoms with Crippen LogP contribution in [0.2, 0.25) is 0 Å². The zero-order valence-electron chi connectivity index (χ0n) is 15.8. The first kappa shape index (κ1) is 19.2. The van der Waals surface area contributed by atoms with Gasteiger partial charge in [0.1, 0.15) is 5.75 Å². The molecule has 0 heterocycles. The number of hydrogen-bond donors (Lipinski definition) is 2. The summed E-state index contributed by atoms with van der Waals surface area (Å²) in [6.07, 6.45) is 6.15. The Morgan fingerprint density at radius 1 is 1.17 bits per heavy atom. The highest BCUT2D eigenvalue weighted by Crippen LogP contribution is 2.40. The largest absolute Gasteiger partial charge is 0.495 e. The minimum Gasteiger partial charge on any atom is -0.495 e. The summed E-state index contributed by atoms with van der Waals surface area (Å²) in [5.74, 6) is 0.898. The number of hydrazone groups is 1. The fourth-order valence-electron chi connectivity index (χ4n) is 3.59. The maximum absolute atomic E-state index is 12.8. The molecule has 1 fully saturated rings. The van der Waals surface area contributed by atoms with Crippen LogP contribution in [-0.4, -0.2) is 27.1 Å². The number of fused-ring (bicyclic) bond motifs is 1. The second-order valence-electron chi connectivity index (χ2n) is 7.02. The van der Waals surface area contributed by atoms with Gasteiger partial charge in [-0.3, -0.25) is 9.52 Å². The van der Waals surface area contributed by atoms with Gasteiger partial charge in [0.05, 0.1) is 17.7 Å². The van der Waals surface area contributed by atoms with Crippen LogP contribution in [0.3, 0.4) is 0 Å². The summed E-state index contributed by atoms with van der Waals surface area (Å²) in [5, 5.41) is 4.23. The molecule has 0 unspecified atom stereocenters. The van der Waals surface area contributed by atoms with Crippen molar-refractivity contribution in [2.45, 2.75) is 17.7 Å². The number of carbonyl (C=O) groups is 1. The Morgan fingerprint density at radius 3 is 2.79 bits per heavy atom. The Bertz CT molecular complexity index is 1110. The van der Waals surface area contributed by atoms with E-state index in [0.717, 1.165) is 18.6 Å². The van der Waals surface area contributed by atoms with Crippen molar-refractivity contribution in [1.82, 2.24) is 5.43 Å². The molecule has 7 nitrogen and oxygen atoms in total. The maximum atomic E-state index is 12.8. The Kier molecular flexibility index (Phi) is 5.10. The van der Waals surface area contributed by atoms with Gasteiger partial charge in [0, 0.05) is 17.2 Å². The number of hydrogen-bond acceptors (Lipinski definition) is 5. The van der Waals surface area contributed by atoms with Gasteiger partial charge in [0.2, 0.25) is 0 Å². The number of methoxy groups -OCH3 is 1. The molecule has 2 aliphatic rings. The van der Waals surface area contributed by atoms with Gasteiger partial charge >= 0.3 is 0 Å². The Balaban J connectivity index is 1.49. The normalized spacial score (nSPS) is 21.3. The average molecular weight is 411 g/mol. The highest BCUT2D eigenvalue weighted by molar-refractivity contribution is 7.92. The van der Waals surface area contributed by atoms with Crippen LogP contribution in [-0.2, 0) is 10.0 Å². The molecule has 2 aromatic rings. The first-order chi connectivity index (χ1) is 14.0. The van der Waals surface area contributed by atoms with Crippen LogP contribution >= 0.6 is 0 Å². The van der Waals surface area contributed by atoms with Crippen molar-refractivity contribution in [2.24, 2.45) is 16.9 Å². The molecule has 0 aromatic heterocycles. The van der Waals surface area contributed by atoms with E-state index >= 15 is 0 Å². The molecule has 0 spiro atoms. The van der Waals surface area contributed by atoms with Crippen LogP contribution in [0.25, 0.3) is 0 Å². The molecule has 0 radical (unpaired) electrons. The fourth-order valence-corrected chi connectivity index (χ4v) is 4.70. The van der Waals surface area contributed by atoms with E-state index < -0.39 is 15.9 Å². The summed E-state index contributed by atoms with van der Waals surface area (Å²) >= 11 is 0. The maximum Gasteiger partial charge on any atom is 0.271 e. The van der Waals surface area contributed by atoms with Crippen LogP contribution in [0.4, 0.5) is 5.69 Å². The number of carbonyl (C=O) groups excluding carboxylic acids is 1. The molecule has 0 saturated heterocycles. The summed E-state index contributed by atoms with van der Waals surface area (Å²) in [6, 6.07) is 12.6. The van der Waals surface area contributed by atoms with Crippen molar-refractivity contribution in [1.29, 1.82) is 0 Å². The smallest absolute Gasteiger partial charge is 0.271 e. The lowest BCUT2D eigenvalue weighted by atomic mass is 9.74.